The molecule has 2 rings (SSSR count). The summed E-state index contributed by atoms with van der Waals surface area (Å²) in [5.74, 6) is -0.850. The molecule has 10 heteroatoms. The van der Waals surface area contributed by atoms with Crippen LogP contribution < -0.4 is 19.5 Å². The average Bonchev–Trinajstić information content (AvgIpc) is 2.73. The van der Waals surface area contributed by atoms with Gasteiger partial charge >= 0.3 is 5.97 Å². The summed E-state index contributed by atoms with van der Waals surface area (Å²) < 4.78 is 42.2. The fraction of sp³-hybridized carbons (Fsp3) is 0.263. The van der Waals surface area contributed by atoms with E-state index < -0.39 is 27.9 Å². The van der Waals surface area contributed by atoms with Crippen LogP contribution in [0.3, 0.4) is 0 Å². The van der Waals surface area contributed by atoms with E-state index in [9.17, 15) is 18.0 Å². The van der Waals surface area contributed by atoms with Crippen LogP contribution in [0.25, 0.3) is 0 Å². The van der Waals surface area contributed by atoms with Gasteiger partial charge in [-0.2, -0.15) is 4.72 Å². The van der Waals surface area contributed by atoms with Crippen molar-refractivity contribution in [1.82, 2.24) is 4.72 Å². The number of esters is 1. The molecule has 2 N–H and O–H groups in total. The molecule has 0 spiro atoms. The third-order valence-electron chi connectivity index (χ3n) is 3.97. The number of methoxy groups -OCH3 is 3. The minimum absolute atomic E-state index is 0.0246. The lowest BCUT2D eigenvalue weighted by Gasteiger charge is -2.17. The van der Waals surface area contributed by atoms with Gasteiger partial charge in [0, 0.05) is 12.1 Å². The molecule has 0 saturated carbocycles. The largest absolute Gasteiger partial charge is 0.493 e. The SMILES string of the molecule is COC(=O)c1cc(OC)c(OC)cc1NC(=O)[C@H](C)NS(=O)(=O)c1ccccc1. The highest BCUT2D eigenvalue weighted by atomic mass is 32.2. The van der Waals surface area contributed by atoms with Crippen molar-refractivity contribution in [2.24, 2.45) is 0 Å². The Hall–Kier alpha value is -3.11. The van der Waals surface area contributed by atoms with E-state index in [0.29, 0.717) is 0 Å². The Bertz CT molecular complexity index is 991. The summed E-state index contributed by atoms with van der Waals surface area (Å²) in [6.07, 6.45) is 0. The van der Waals surface area contributed by atoms with Gasteiger partial charge in [-0.05, 0) is 19.1 Å². The number of anilines is 1. The van der Waals surface area contributed by atoms with Crippen molar-refractivity contribution < 1.29 is 32.2 Å². The van der Waals surface area contributed by atoms with Gasteiger partial charge in [-0.1, -0.05) is 18.2 Å². The molecular weight excluding hydrogens is 400 g/mol. The number of hydrogen-bond acceptors (Lipinski definition) is 7. The number of ether oxygens (including phenoxy) is 3. The van der Waals surface area contributed by atoms with Crippen LogP contribution in [-0.4, -0.2) is 47.7 Å². The van der Waals surface area contributed by atoms with Crippen molar-refractivity contribution in [3.63, 3.8) is 0 Å². The maximum atomic E-state index is 12.6. The molecule has 0 fully saturated rings. The number of sulfonamides is 1. The molecular formula is C19H22N2O7S. The Labute approximate surface area is 169 Å². The minimum atomic E-state index is -3.90. The van der Waals surface area contributed by atoms with Crippen LogP contribution in [0.1, 0.15) is 17.3 Å². The highest BCUT2D eigenvalue weighted by molar-refractivity contribution is 7.89. The Morgan fingerprint density at radius 1 is 0.966 bits per heavy atom. The number of carbonyl (C=O) groups excluding carboxylic acids is 2. The summed E-state index contributed by atoms with van der Waals surface area (Å²) in [7, 11) is 0.0982. The summed E-state index contributed by atoms with van der Waals surface area (Å²) in [5, 5.41) is 2.52. The number of carbonyl (C=O) groups is 2. The third-order valence-corrected chi connectivity index (χ3v) is 5.52. The molecule has 0 unspecified atom stereocenters. The topological polar surface area (TPSA) is 120 Å². The minimum Gasteiger partial charge on any atom is -0.493 e. The number of benzene rings is 2. The number of rotatable bonds is 8. The smallest absolute Gasteiger partial charge is 0.340 e. The second kappa shape index (κ2) is 9.39. The summed E-state index contributed by atoms with van der Waals surface area (Å²) in [6.45, 7) is 1.38. The van der Waals surface area contributed by atoms with Gasteiger partial charge in [0.2, 0.25) is 15.9 Å². The number of hydrogen-bond donors (Lipinski definition) is 2. The van der Waals surface area contributed by atoms with Gasteiger partial charge in [0.25, 0.3) is 0 Å². The maximum Gasteiger partial charge on any atom is 0.340 e. The van der Waals surface area contributed by atoms with Crippen LogP contribution in [0.5, 0.6) is 11.5 Å². The molecule has 0 bridgehead atoms. The van der Waals surface area contributed by atoms with Crippen LogP contribution in [0.2, 0.25) is 0 Å². The van der Waals surface area contributed by atoms with Gasteiger partial charge in [-0.3, -0.25) is 4.79 Å². The van der Waals surface area contributed by atoms with Crippen LogP contribution in [0.15, 0.2) is 47.4 Å². The van der Waals surface area contributed by atoms with Gasteiger partial charge in [0.05, 0.1) is 43.5 Å². The fourth-order valence-electron chi connectivity index (χ4n) is 2.46. The molecule has 1 atom stereocenters. The summed E-state index contributed by atoms with van der Waals surface area (Å²) in [4.78, 5) is 24.7. The molecule has 0 saturated heterocycles. The summed E-state index contributed by atoms with van der Waals surface area (Å²) in [5.41, 5.74) is 0.113. The quantitative estimate of drug-likeness (QED) is 0.622. The molecule has 9 nitrogen and oxygen atoms in total. The Balaban J connectivity index is 2.28. The van der Waals surface area contributed by atoms with Crippen LogP contribution in [0, 0.1) is 0 Å². The maximum absolute atomic E-state index is 12.6. The van der Waals surface area contributed by atoms with Gasteiger partial charge in [-0.15, -0.1) is 0 Å². The van der Waals surface area contributed by atoms with Crippen molar-refractivity contribution in [2.75, 3.05) is 26.6 Å². The van der Waals surface area contributed by atoms with E-state index >= 15 is 0 Å². The molecule has 2 aromatic rings. The Morgan fingerprint density at radius 3 is 2.10 bits per heavy atom. The lowest BCUT2D eigenvalue weighted by atomic mass is 10.1. The molecule has 0 aliphatic heterocycles. The predicted molar refractivity (Wildman–Crippen MR) is 106 cm³/mol. The van der Waals surface area contributed by atoms with E-state index in [1.165, 1.54) is 52.5 Å². The zero-order valence-electron chi connectivity index (χ0n) is 16.4. The highest BCUT2D eigenvalue weighted by Gasteiger charge is 2.24. The van der Waals surface area contributed by atoms with Crippen molar-refractivity contribution in [3.05, 3.63) is 48.0 Å². The highest BCUT2D eigenvalue weighted by Crippen LogP contribution is 2.33. The van der Waals surface area contributed by atoms with Crippen molar-refractivity contribution >= 4 is 27.6 Å². The first kappa shape index (κ1) is 22.2. The second-order valence-corrected chi connectivity index (χ2v) is 7.60. The molecule has 29 heavy (non-hydrogen) atoms. The number of nitrogens with one attached hydrogen (secondary N) is 2. The van der Waals surface area contributed by atoms with Crippen molar-refractivity contribution in [1.29, 1.82) is 0 Å². The van der Waals surface area contributed by atoms with Gasteiger partial charge in [-0.25, -0.2) is 13.2 Å². The first-order chi connectivity index (χ1) is 13.7. The van der Waals surface area contributed by atoms with E-state index in [4.69, 9.17) is 14.2 Å². The first-order valence-electron chi connectivity index (χ1n) is 8.46. The molecule has 2 aromatic carbocycles. The van der Waals surface area contributed by atoms with E-state index in [1.54, 1.807) is 18.2 Å². The fourth-order valence-corrected chi connectivity index (χ4v) is 3.68. The normalized spacial score (nSPS) is 12.0. The van der Waals surface area contributed by atoms with E-state index in [2.05, 4.69) is 10.0 Å². The number of amides is 1. The first-order valence-corrected chi connectivity index (χ1v) is 9.94. The molecule has 0 heterocycles. The third kappa shape index (κ3) is 5.24. The zero-order valence-corrected chi connectivity index (χ0v) is 17.2. The average molecular weight is 422 g/mol. The molecule has 156 valence electrons. The lowest BCUT2D eigenvalue weighted by Crippen LogP contribution is -2.41. The Morgan fingerprint density at radius 2 is 1.55 bits per heavy atom. The second-order valence-electron chi connectivity index (χ2n) is 5.89. The Kier molecular flexibility index (Phi) is 7.18. The zero-order chi connectivity index (χ0) is 21.6. The van der Waals surface area contributed by atoms with Crippen LogP contribution in [-0.2, 0) is 19.6 Å². The molecule has 0 aliphatic rings. The van der Waals surface area contributed by atoms with E-state index in [-0.39, 0.29) is 27.6 Å². The van der Waals surface area contributed by atoms with Crippen LogP contribution >= 0.6 is 0 Å². The van der Waals surface area contributed by atoms with E-state index in [1.807, 2.05) is 0 Å². The van der Waals surface area contributed by atoms with Crippen molar-refractivity contribution in [3.8, 4) is 11.5 Å². The molecule has 0 aliphatic carbocycles. The summed E-state index contributed by atoms with van der Waals surface area (Å²) >= 11 is 0. The summed E-state index contributed by atoms with van der Waals surface area (Å²) in [6, 6.07) is 9.28. The monoisotopic (exact) mass is 422 g/mol. The van der Waals surface area contributed by atoms with Crippen molar-refractivity contribution in [2.45, 2.75) is 17.9 Å². The van der Waals surface area contributed by atoms with Gasteiger partial charge in [0.1, 0.15) is 0 Å². The van der Waals surface area contributed by atoms with Gasteiger partial charge < -0.3 is 19.5 Å². The molecule has 0 aromatic heterocycles. The van der Waals surface area contributed by atoms with E-state index in [0.717, 1.165) is 0 Å². The lowest BCUT2D eigenvalue weighted by molar-refractivity contribution is -0.117. The predicted octanol–water partition coefficient (Wildman–Crippen LogP) is 1.80. The molecule has 1 amide bonds. The standard InChI is InChI=1S/C19H22N2O7S/c1-12(21-29(24,25)13-8-6-5-7-9-13)18(22)20-15-11-17(27-3)16(26-2)10-14(15)19(23)28-4/h5-12,21H,1-4H3,(H,20,22)/t12-/m0/s1. The molecule has 0 radical (unpaired) electrons. The van der Waals surface area contributed by atoms with Crippen LogP contribution in [0.4, 0.5) is 5.69 Å². The van der Waals surface area contributed by atoms with Gasteiger partial charge in [0.15, 0.2) is 11.5 Å².